The molecule has 204 valence electrons. The molecule has 3 aromatic carbocycles. The first-order valence-electron chi connectivity index (χ1n) is 13.7. The van der Waals surface area contributed by atoms with Gasteiger partial charge in [-0.2, -0.15) is 0 Å². The van der Waals surface area contributed by atoms with Gasteiger partial charge in [0, 0.05) is 16.8 Å². The first-order valence-corrected chi connectivity index (χ1v) is 14.9. The lowest BCUT2D eigenvalue weighted by molar-refractivity contribution is -0.129. The first kappa shape index (κ1) is 27.5. The maximum absolute atomic E-state index is 13.8. The minimum Gasteiger partial charge on any atom is -0.490 e. The predicted molar refractivity (Wildman–Crippen MR) is 161 cm³/mol. The van der Waals surface area contributed by atoms with E-state index in [1.807, 2.05) is 85.8 Å². The quantitative estimate of drug-likeness (QED) is 0.266. The van der Waals surface area contributed by atoms with Crippen LogP contribution in [0.2, 0.25) is 5.02 Å². The summed E-state index contributed by atoms with van der Waals surface area (Å²) in [5.41, 5.74) is 2.79. The number of para-hydroxylation sites is 1. The summed E-state index contributed by atoms with van der Waals surface area (Å²) in [6.45, 7) is 5.16. The Morgan fingerprint density at radius 3 is 2.51 bits per heavy atom. The average Bonchev–Trinajstić information content (AvgIpc) is 3.24. The maximum Gasteiger partial charge on any atom is 0.262 e. The number of halogens is 1. The van der Waals surface area contributed by atoms with Gasteiger partial charge in [0.1, 0.15) is 6.61 Å². The normalized spacial score (nSPS) is 22.2. The molecule has 5 nitrogen and oxygen atoms in total. The summed E-state index contributed by atoms with van der Waals surface area (Å²) in [5, 5.41) is 4.30. The van der Waals surface area contributed by atoms with Crippen LogP contribution in [-0.2, 0) is 11.4 Å². The van der Waals surface area contributed by atoms with Crippen LogP contribution in [0.15, 0.2) is 77.7 Å². The number of hydrogen-bond donors (Lipinski definition) is 1. The fraction of sp³-hybridized carbons (Fsp3) is 0.344. The number of amides is 1. The molecule has 1 aliphatic heterocycles. The SMILES string of the molecule is CCOc1cc(/C=C2\SC(Nc3ccccc3)N([C@H]3CCCC[C@H]3C)C2=O)ccc1OCc1ccc(Cl)cc1. The largest absolute Gasteiger partial charge is 0.490 e. The zero-order chi connectivity index (χ0) is 27.2. The van der Waals surface area contributed by atoms with E-state index in [2.05, 4.69) is 17.1 Å². The van der Waals surface area contributed by atoms with Crippen LogP contribution in [0.25, 0.3) is 6.08 Å². The van der Waals surface area contributed by atoms with Crippen molar-refractivity contribution in [1.29, 1.82) is 0 Å². The van der Waals surface area contributed by atoms with E-state index in [0.29, 0.717) is 35.7 Å². The first-order chi connectivity index (χ1) is 19.0. The smallest absolute Gasteiger partial charge is 0.262 e. The summed E-state index contributed by atoms with van der Waals surface area (Å²) in [4.78, 5) is 16.7. The van der Waals surface area contributed by atoms with Gasteiger partial charge >= 0.3 is 0 Å². The molecule has 1 N–H and O–H groups in total. The monoisotopic (exact) mass is 562 g/mol. The molecule has 0 radical (unpaired) electrons. The molecule has 3 atom stereocenters. The van der Waals surface area contributed by atoms with E-state index in [-0.39, 0.29) is 17.4 Å². The van der Waals surface area contributed by atoms with Crippen molar-refractivity contribution in [3.63, 3.8) is 0 Å². The number of carbonyl (C=O) groups is 1. The van der Waals surface area contributed by atoms with Gasteiger partial charge in [-0.15, -0.1) is 0 Å². The van der Waals surface area contributed by atoms with E-state index in [4.69, 9.17) is 21.1 Å². The summed E-state index contributed by atoms with van der Waals surface area (Å²) in [5.74, 6) is 1.89. The molecule has 0 bridgehead atoms. The van der Waals surface area contributed by atoms with Crippen LogP contribution in [-0.4, -0.2) is 29.0 Å². The fourth-order valence-corrected chi connectivity index (χ4v) is 6.60. The predicted octanol–water partition coefficient (Wildman–Crippen LogP) is 8.21. The maximum atomic E-state index is 13.8. The number of rotatable bonds is 9. The lowest BCUT2D eigenvalue weighted by Crippen LogP contribution is -2.48. The molecule has 0 aromatic heterocycles. The number of carbonyl (C=O) groups excluding carboxylic acids is 1. The Labute approximate surface area is 240 Å². The highest BCUT2D eigenvalue weighted by molar-refractivity contribution is 8.05. The third-order valence-electron chi connectivity index (χ3n) is 7.30. The Morgan fingerprint density at radius 1 is 1.00 bits per heavy atom. The molecule has 5 rings (SSSR count). The molecule has 1 heterocycles. The molecular formula is C32H35ClN2O3S. The second-order valence-corrected chi connectivity index (χ2v) is 11.6. The van der Waals surface area contributed by atoms with Crippen molar-refractivity contribution >= 4 is 41.0 Å². The van der Waals surface area contributed by atoms with Gasteiger partial charge in [0.2, 0.25) is 0 Å². The summed E-state index contributed by atoms with van der Waals surface area (Å²) in [7, 11) is 0. The minimum absolute atomic E-state index is 0.0909. The van der Waals surface area contributed by atoms with Crippen LogP contribution >= 0.6 is 23.4 Å². The molecule has 7 heteroatoms. The zero-order valence-corrected chi connectivity index (χ0v) is 24.0. The topological polar surface area (TPSA) is 50.8 Å². The van der Waals surface area contributed by atoms with Gasteiger partial charge in [-0.05, 0) is 79.3 Å². The number of ether oxygens (including phenoxy) is 2. The van der Waals surface area contributed by atoms with E-state index in [9.17, 15) is 4.79 Å². The highest BCUT2D eigenvalue weighted by Crippen LogP contribution is 2.42. The van der Waals surface area contributed by atoms with Gasteiger partial charge in [0.25, 0.3) is 5.91 Å². The van der Waals surface area contributed by atoms with Crippen molar-refractivity contribution in [3.05, 3.63) is 93.9 Å². The molecule has 2 aliphatic rings. The molecule has 1 amide bonds. The highest BCUT2D eigenvalue weighted by atomic mass is 35.5. The lowest BCUT2D eigenvalue weighted by atomic mass is 9.85. The fourth-order valence-electron chi connectivity index (χ4n) is 5.26. The van der Waals surface area contributed by atoms with Crippen molar-refractivity contribution in [1.82, 2.24) is 4.90 Å². The zero-order valence-electron chi connectivity index (χ0n) is 22.4. The third-order valence-corrected chi connectivity index (χ3v) is 8.66. The number of benzene rings is 3. The van der Waals surface area contributed by atoms with Crippen LogP contribution in [0.1, 0.15) is 50.7 Å². The Hall–Kier alpha value is -3.09. The number of nitrogens with one attached hydrogen (secondary N) is 1. The van der Waals surface area contributed by atoms with Crippen LogP contribution in [0.5, 0.6) is 11.5 Å². The minimum atomic E-state index is -0.148. The molecule has 3 aromatic rings. The van der Waals surface area contributed by atoms with Crippen molar-refractivity contribution in [2.45, 2.75) is 57.7 Å². The van der Waals surface area contributed by atoms with Crippen molar-refractivity contribution < 1.29 is 14.3 Å². The number of nitrogens with zero attached hydrogens (tertiary/aromatic N) is 1. The molecule has 0 spiro atoms. The van der Waals surface area contributed by atoms with Crippen LogP contribution < -0.4 is 14.8 Å². The summed E-state index contributed by atoms with van der Waals surface area (Å²) < 4.78 is 12.0. The number of thioether (sulfide) groups is 1. The van der Waals surface area contributed by atoms with Gasteiger partial charge in [-0.1, -0.05) is 79.5 Å². The van der Waals surface area contributed by atoms with Crippen molar-refractivity contribution in [2.75, 3.05) is 11.9 Å². The third kappa shape index (κ3) is 6.74. The van der Waals surface area contributed by atoms with E-state index >= 15 is 0 Å². The van der Waals surface area contributed by atoms with Crippen LogP contribution in [0.4, 0.5) is 5.69 Å². The van der Waals surface area contributed by atoms with Gasteiger partial charge in [-0.25, -0.2) is 0 Å². The Kier molecular flexibility index (Phi) is 9.05. The van der Waals surface area contributed by atoms with E-state index < -0.39 is 0 Å². The summed E-state index contributed by atoms with van der Waals surface area (Å²) in [6.07, 6.45) is 6.58. The van der Waals surface area contributed by atoms with Gasteiger partial charge in [0.15, 0.2) is 17.0 Å². The number of anilines is 1. The van der Waals surface area contributed by atoms with Crippen LogP contribution in [0.3, 0.4) is 0 Å². The van der Waals surface area contributed by atoms with E-state index in [1.165, 1.54) is 6.42 Å². The molecule has 1 saturated carbocycles. The Bertz CT molecular complexity index is 1300. The molecule has 1 unspecified atom stereocenters. The van der Waals surface area contributed by atoms with E-state index in [1.54, 1.807) is 11.8 Å². The molecule has 1 aliphatic carbocycles. The van der Waals surface area contributed by atoms with E-state index in [0.717, 1.165) is 41.0 Å². The van der Waals surface area contributed by atoms with Crippen molar-refractivity contribution in [2.24, 2.45) is 5.92 Å². The van der Waals surface area contributed by atoms with Gasteiger partial charge in [0.05, 0.1) is 11.5 Å². The molecule has 39 heavy (non-hydrogen) atoms. The molecular weight excluding hydrogens is 528 g/mol. The molecule has 1 saturated heterocycles. The second-order valence-electron chi connectivity index (χ2n) is 10.1. The number of hydrogen-bond acceptors (Lipinski definition) is 5. The lowest BCUT2D eigenvalue weighted by Gasteiger charge is -2.39. The van der Waals surface area contributed by atoms with Crippen LogP contribution in [0, 0.1) is 5.92 Å². The summed E-state index contributed by atoms with van der Waals surface area (Å²) in [6, 6.07) is 23.8. The van der Waals surface area contributed by atoms with Gasteiger partial charge in [-0.3, -0.25) is 4.79 Å². The highest BCUT2D eigenvalue weighted by Gasteiger charge is 2.42. The Morgan fingerprint density at radius 2 is 1.77 bits per heavy atom. The summed E-state index contributed by atoms with van der Waals surface area (Å²) >= 11 is 7.59. The second kappa shape index (κ2) is 12.8. The standard InChI is InChI=1S/C32H35ClN2O3S/c1-3-37-29-19-24(15-18-28(29)38-21-23-13-16-25(33)17-14-23)20-30-31(36)35(27-12-8-7-9-22(27)2)32(39-30)34-26-10-5-4-6-11-26/h4-6,10-11,13-20,22,27,32,34H,3,7-9,12,21H2,1-2H3/b30-20-/t22-,27+,32?/m1/s1. The molecule has 2 fully saturated rings. The Balaban J connectivity index is 1.38. The average molecular weight is 563 g/mol. The van der Waals surface area contributed by atoms with Crippen molar-refractivity contribution in [3.8, 4) is 11.5 Å². The van der Waals surface area contributed by atoms with Gasteiger partial charge < -0.3 is 19.7 Å².